The molecule has 1 saturated heterocycles. The van der Waals surface area contributed by atoms with Crippen LogP contribution in [0.25, 0.3) is 0 Å². The number of anilines is 2. The Bertz CT molecular complexity index is 1100. The fraction of sp³-hybridized carbons (Fsp3) is 0.273. The minimum absolute atomic E-state index is 0.0622. The van der Waals surface area contributed by atoms with Crippen LogP contribution in [-0.2, 0) is 4.79 Å². The molecule has 3 rings (SSSR count). The number of nitrogens with one attached hydrogen (secondary N) is 1. The molecule has 0 spiro atoms. The summed E-state index contributed by atoms with van der Waals surface area (Å²) < 4.78 is 10.5. The first-order valence-electron chi connectivity index (χ1n) is 9.74. The molecule has 0 unspecified atom stereocenters. The van der Waals surface area contributed by atoms with Gasteiger partial charge in [-0.2, -0.15) is 4.98 Å². The largest absolute Gasteiger partial charge is 0.497 e. The second kappa shape index (κ2) is 9.70. The molecule has 32 heavy (non-hydrogen) atoms. The van der Waals surface area contributed by atoms with E-state index in [2.05, 4.69) is 33.7 Å². The predicted octanol–water partition coefficient (Wildman–Crippen LogP) is 0.774. The summed E-state index contributed by atoms with van der Waals surface area (Å²) >= 11 is 0. The van der Waals surface area contributed by atoms with Crippen molar-refractivity contribution in [1.29, 1.82) is 0 Å². The van der Waals surface area contributed by atoms with E-state index in [1.165, 1.54) is 20.3 Å². The maximum atomic E-state index is 11.9. The number of nitrogen functional groups attached to an aromatic ring is 1. The van der Waals surface area contributed by atoms with Crippen LogP contribution in [0.5, 0.6) is 11.5 Å². The van der Waals surface area contributed by atoms with Crippen LogP contribution in [0.15, 0.2) is 30.9 Å². The minimum atomic E-state index is -0.787. The Hall–Kier alpha value is -4.26. The van der Waals surface area contributed by atoms with Crippen molar-refractivity contribution in [3.63, 3.8) is 0 Å². The summed E-state index contributed by atoms with van der Waals surface area (Å²) in [5.74, 6) is 6.08. The summed E-state index contributed by atoms with van der Waals surface area (Å²) in [6, 6.07) is 5.06. The van der Waals surface area contributed by atoms with Gasteiger partial charge in [-0.1, -0.05) is 12.5 Å². The number of carbonyl (C=O) groups excluding carboxylic acids is 2. The summed E-state index contributed by atoms with van der Waals surface area (Å²) in [5, 5.41) is 3.14. The monoisotopic (exact) mass is 436 g/mol. The molecule has 10 nitrogen and oxygen atoms in total. The van der Waals surface area contributed by atoms with E-state index in [4.69, 9.17) is 20.9 Å². The molecular formula is C22H24N6O4. The molecule has 166 valence electrons. The molecular weight excluding hydrogens is 412 g/mol. The second-order valence-electron chi connectivity index (χ2n) is 6.99. The number of methoxy groups -OCH3 is 2. The Morgan fingerprint density at radius 1 is 1.22 bits per heavy atom. The number of carbonyl (C=O) groups is 2. The third kappa shape index (κ3) is 5.07. The van der Waals surface area contributed by atoms with Crippen molar-refractivity contribution >= 4 is 23.6 Å². The summed E-state index contributed by atoms with van der Waals surface area (Å²) in [4.78, 5) is 33.9. The van der Waals surface area contributed by atoms with E-state index >= 15 is 0 Å². The first-order chi connectivity index (χ1) is 15.3. The SMILES string of the molecule is C=CC(=O)N1CC[C@H](Nc2nc(N)c(C(N)=O)c(C#Cc3cc(OC)cc(OC)c3)n2)C1. The summed E-state index contributed by atoms with van der Waals surface area (Å²) in [6.45, 7) is 4.56. The van der Waals surface area contributed by atoms with E-state index < -0.39 is 5.91 Å². The highest BCUT2D eigenvalue weighted by atomic mass is 16.5. The maximum absolute atomic E-state index is 11.9. The van der Waals surface area contributed by atoms with E-state index in [-0.39, 0.29) is 35.0 Å². The van der Waals surface area contributed by atoms with Crippen LogP contribution in [0.4, 0.5) is 11.8 Å². The molecule has 1 aromatic carbocycles. The lowest BCUT2D eigenvalue weighted by Gasteiger charge is -2.16. The van der Waals surface area contributed by atoms with Crippen LogP contribution in [0.3, 0.4) is 0 Å². The number of ether oxygens (including phenoxy) is 2. The van der Waals surface area contributed by atoms with Crippen molar-refractivity contribution in [1.82, 2.24) is 14.9 Å². The van der Waals surface area contributed by atoms with Gasteiger partial charge in [-0.05, 0) is 30.6 Å². The zero-order chi connectivity index (χ0) is 23.3. The number of nitrogens with two attached hydrogens (primary N) is 2. The molecule has 0 aliphatic carbocycles. The van der Waals surface area contributed by atoms with Crippen LogP contribution < -0.4 is 26.3 Å². The zero-order valence-electron chi connectivity index (χ0n) is 17.8. The summed E-state index contributed by atoms with van der Waals surface area (Å²) in [5.41, 5.74) is 12.1. The molecule has 2 aromatic rings. The molecule has 2 amide bonds. The summed E-state index contributed by atoms with van der Waals surface area (Å²) in [6.07, 6.45) is 1.98. The number of primary amides is 1. The normalized spacial score (nSPS) is 14.8. The average Bonchev–Trinajstić information content (AvgIpc) is 3.24. The van der Waals surface area contributed by atoms with Crippen molar-refractivity contribution in [2.45, 2.75) is 12.5 Å². The van der Waals surface area contributed by atoms with Crippen LogP contribution >= 0.6 is 0 Å². The van der Waals surface area contributed by atoms with E-state index in [0.29, 0.717) is 36.6 Å². The van der Waals surface area contributed by atoms with Gasteiger partial charge in [0.1, 0.15) is 28.6 Å². The van der Waals surface area contributed by atoms with E-state index in [1.54, 1.807) is 23.1 Å². The molecule has 5 N–H and O–H groups in total. The van der Waals surface area contributed by atoms with Crippen LogP contribution in [0.1, 0.15) is 28.0 Å². The van der Waals surface area contributed by atoms with Gasteiger partial charge in [0.2, 0.25) is 11.9 Å². The van der Waals surface area contributed by atoms with Gasteiger partial charge in [-0.15, -0.1) is 0 Å². The Morgan fingerprint density at radius 2 is 1.91 bits per heavy atom. The topological polar surface area (TPSA) is 146 Å². The number of aromatic nitrogens is 2. The number of amides is 2. The van der Waals surface area contributed by atoms with Gasteiger partial charge in [-0.25, -0.2) is 4.98 Å². The van der Waals surface area contributed by atoms with Crippen molar-refractivity contribution in [2.75, 3.05) is 38.4 Å². The van der Waals surface area contributed by atoms with Gasteiger partial charge in [0.15, 0.2) is 0 Å². The van der Waals surface area contributed by atoms with Crippen molar-refractivity contribution < 1.29 is 19.1 Å². The summed E-state index contributed by atoms with van der Waals surface area (Å²) in [7, 11) is 3.07. The first kappa shape index (κ1) is 22.4. The van der Waals surface area contributed by atoms with Crippen LogP contribution in [0, 0.1) is 11.8 Å². The Labute approximate surface area is 185 Å². The quantitative estimate of drug-likeness (QED) is 0.445. The minimum Gasteiger partial charge on any atom is -0.497 e. The lowest BCUT2D eigenvalue weighted by molar-refractivity contribution is -0.125. The van der Waals surface area contributed by atoms with Crippen LogP contribution in [0.2, 0.25) is 0 Å². The number of benzene rings is 1. The van der Waals surface area contributed by atoms with Gasteiger partial charge in [0.25, 0.3) is 5.91 Å². The highest BCUT2D eigenvalue weighted by Crippen LogP contribution is 2.22. The van der Waals surface area contributed by atoms with Crippen molar-refractivity contribution in [3.05, 3.63) is 47.7 Å². The van der Waals surface area contributed by atoms with E-state index in [0.717, 1.165) is 0 Å². The number of rotatable bonds is 6. The van der Waals surface area contributed by atoms with Crippen molar-refractivity contribution in [3.8, 4) is 23.3 Å². The third-order valence-electron chi connectivity index (χ3n) is 4.87. The first-order valence-corrected chi connectivity index (χ1v) is 9.74. The van der Waals surface area contributed by atoms with Gasteiger partial charge >= 0.3 is 0 Å². The van der Waals surface area contributed by atoms with Crippen LogP contribution in [-0.4, -0.2) is 60.0 Å². The lowest BCUT2D eigenvalue weighted by Crippen LogP contribution is -2.30. The van der Waals surface area contributed by atoms with E-state index in [1.807, 2.05) is 0 Å². The van der Waals surface area contributed by atoms with Gasteiger partial charge in [0.05, 0.1) is 14.2 Å². The Morgan fingerprint density at radius 3 is 2.50 bits per heavy atom. The average molecular weight is 436 g/mol. The second-order valence-corrected chi connectivity index (χ2v) is 6.99. The molecule has 0 bridgehead atoms. The molecule has 1 fully saturated rings. The number of nitrogens with zero attached hydrogens (tertiary/aromatic N) is 3. The molecule has 0 saturated carbocycles. The van der Waals surface area contributed by atoms with Gasteiger partial charge < -0.3 is 31.2 Å². The molecule has 1 aliphatic rings. The van der Waals surface area contributed by atoms with Gasteiger partial charge in [0, 0.05) is 30.8 Å². The standard InChI is InChI=1S/C22H24N6O4/c1-4-18(29)28-8-7-14(12-28)25-22-26-17(19(21(24)30)20(23)27-22)6-5-13-9-15(31-2)11-16(10-13)32-3/h4,9-11,14H,1,7-8,12H2,2-3H3,(H2,24,30)(H3,23,25,26,27)/t14-/m0/s1. The third-order valence-corrected chi connectivity index (χ3v) is 4.87. The molecule has 10 heteroatoms. The lowest BCUT2D eigenvalue weighted by atomic mass is 10.1. The smallest absolute Gasteiger partial charge is 0.255 e. The highest BCUT2D eigenvalue weighted by molar-refractivity contribution is 5.99. The zero-order valence-corrected chi connectivity index (χ0v) is 17.8. The van der Waals surface area contributed by atoms with Crippen molar-refractivity contribution in [2.24, 2.45) is 5.73 Å². The fourth-order valence-electron chi connectivity index (χ4n) is 3.28. The molecule has 1 aliphatic heterocycles. The van der Waals surface area contributed by atoms with Gasteiger partial charge in [-0.3, -0.25) is 9.59 Å². The molecule has 1 atom stereocenters. The molecule has 1 aromatic heterocycles. The number of hydrogen-bond acceptors (Lipinski definition) is 8. The Balaban J connectivity index is 1.92. The highest BCUT2D eigenvalue weighted by Gasteiger charge is 2.26. The predicted molar refractivity (Wildman–Crippen MR) is 119 cm³/mol. The number of hydrogen-bond donors (Lipinski definition) is 3. The maximum Gasteiger partial charge on any atom is 0.255 e. The molecule has 0 radical (unpaired) electrons. The molecule has 2 heterocycles. The fourth-order valence-corrected chi connectivity index (χ4v) is 3.28. The number of likely N-dealkylation sites (tertiary alicyclic amines) is 1. The Kier molecular flexibility index (Phi) is 6.80. The van der Waals surface area contributed by atoms with E-state index in [9.17, 15) is 9.59 Å².